The van der Waals surface area contributed by atoms with Crippen LogP contribution in [0.2, 0.25) is 0 Å². The number of aromatic nitrogens is 2. The zero-order valence-corrected chi connectivity index (χ0v) is 30.1. The molecule has 0 amide bonds. The minimum atomic E-state index is -0.986. The summed E-state index contributed by atoms with van der Waals surface area (Å²) >= 11 is 1.75. The Balaban J connectivity index is 0.00000123. The van der Waals surface area contributed by atoms with Gasteiger partial charge in [-0.1, -0.05) is 6.07 Å². The summed E-state index contributed by atoms with van der Waals surface area (Å²) in [6.45, 7) is 1.67. The zero-order chi connectivity index (χ0) is 25.2. The summed E-state index contributed by atoms with van der Waals surface area (Å²) in [5, 5.41) is 10.6. The van der Waals surface area contributed by atoms with Gasteiger partial charge in [-0.15, -0.1) is 0 Å². The number of hydrogen-bond acceptors (Lipinski definition) is 7. The molecule has 0 atom stereocenters. The molecule has 3 aromatic rings. The molecule has 1 saturated carbocycles. The smallest absolute Gasteiger partial charge is 0.480 e. The maximum absolute atomic E-state index is 13.3. The van der Waals surface area contributed by atoms with Crippen LogP contribution < -0.4 is 84.1 Å². The normalized spacial score (nSPS) is 16.2. The van der Waals surface area contributed by atoms with E-state index in [-0.39, 0.29) is 94.4 Å². The van der Waals surface area contributed by atoms with Crippen LogP contribution in [-0.4, -0.2) is 73.5 Å². The molecule has 0 spiro atoms. The van der Waals surface area contributed by atoms with Crippen molar-refractivity contribution in [3.8, 4) is 0 Å². The topological polar surface area (TPSA) is 87.9 Å². The quantitative estimate of drug-likeness (QED) is 0.319. The van der Waals surface area contributed by atoms with Gasteiger partial charge in [0.15, 0.2) is 5.43 Å². The number of carboxylic acids is 1. The van der Waals surface area contributed by atoms with Crippen molar-refractivity contribution in [1.82, 2.24) is 9.55 Å². The summed E-state index contributed by atoms with van der Waals surface area (Å²) in [5.41, 5.74) is 2.63. The monoisotopic (exact) mass is 634 g/mol. The second-order valence-electron chi connectivity index (χ2n) is 8.87. The molecule has 0 saturated heterocycles. The molecule has 0 radical (unpaired) electrons. The van der Waals surface area contributed by atoms with Crippen LogP contribution in [0.3, 0.4) is 0 Å². The Morgan fingerprint density at radius 2 is 1.75 bits per heavy atom. The number of carboxylic acid groups (broad SMARTS) is 1. The number of carbonyl (C=O) groups is 1. The Hall–Kier alpha value is -0.728. The molecule has 2 aromatic heterocycles. The first-order valence-corrected chi connectivity index (χ1v) is 12.8. The molecule has 36 heavy (non-hydrogen) atoms. The Morgan fingerprint density at radius 1 is 1.17 bits per heavy atom. The largest absolute Gasteiger partial charge is 1.00 e. The van der Waals surface area contributed by atoms with Crippen LogP contribution in [0, 0.1) is 14.4 Å². The number of nitrogens with zero attached hydrogens (tertiary/aromatic N) is 4. The third kappa shape index (κ3) is 6.82. The molecule has 1 fully saturated rings. The number of rotatable bonds is 6. The van der Waals surface area contributed by atoms with Gasteiger partial charge in [-0.3, -0.25) is 9.59 Å². The summed E-state index contributed by atoms with van der Waals surface area (Å²) in [5.74, 6) is -0.274. The van der Waals surface area contributed by atoms with Crippen LogP contribution in [0.5, 0.6) is 0 Å². The maximum atomic E-state index is 13.3. The number of aryl methyl sites for hydroxylation is 1. The Kier molecular flexibility index (Phi) is 13.3. The van der Waals surface area contributed by atoms with Gasteiger partial charge < -0.3 is 31.6 Å². The summed E-state index contributed by atoms with van der Waals surface area (Å²) in [4.78, 5) is 33.9. The van der Waals surface area contributed by atoms with Crippen molar-refractivity contribution in [2.24, 2.45) is 0 Å². The van der Waals surface area contributed by atoms with E-state index in [0.29, 0.717) is 33.8 Å². The van der Waals surface area contributed by atoms with E-state index < -0.39 is 5.97 Å². The molecule has 0 aliphatic heterocycles. The van der Waals surface area contributed by atoms with E-state index in [1.54, 1.807) is 35.6 Å². The van der Waals surface area contributed by atoms with Gasteiger partial charge in [0.1, 0.15) is 18.0 Å². The average molecular weight is 635 g/mol. The molecule has 1 aliphatic carbocycles. The molecular formula is C26H37CsN4O4S. The van der Waals surface area contributed by atoms with Crippen molar-refractivity contribution in [3.63, 3.8) is 0 Å². The standard InChI is InChI=1S/C23H28N4O4.C2H6S.CH3.Cs/c1-13-6-7-16-21(20(13)25(2)3)27(12-19(28)29)23-17(22(16)30)8-9-18(24-23)26(4)14-10-15(11-14)31-5;1-3-2;;/h6-9,14-15H,10-12H2,1-5H3,(H,28,29);1-2H3;1H3;/q;;-1;+1. The molecular weight excluding hydrogens is 597 g/mol. The molecule has 4 rings (SSSR count). The Morgan fingerprint density at radius 3 is 2.28 bits per heavy atom. The second kappa shape index (κ2) is 14.4. The second-order valence-corrected chi connectivity index (χ2v) is 9.69. The minimum absolute atomic E-state index is 0. The molecule has 0 bridgehead atoms. The van der Waals surface area contributed by atoms with E-state index in [2.05, 4.69) is 4.90 Å². The molecule has 1 N–H and O–H groups in total. The fraction of sp³-hybridized carbons (Fsp3) is 0.462. The van der Waals surface area contributed by atoms with Crippen LogP contribution in [0.4, 0.5) is 11.5 Å². The Bertz CT molecular complexity index is 1260. The van der Waals surface area contributed by atoms with Gasteiger partial charge in [-0.05, 0) is 56.0 Å². The van der Waals surface area contributed by atoms with Gasteiger partial charge in [0.2, 0.25) is 0 Å². The van der Waals surface area contributed by atoms with Crippen molar-refractivity contribution in [3.05, 3.63) is 47.5 Å². The van der Waals surface area contributed by atoms with Crippen molar-refractivity contribution in [2.75, 3.05) is 50.6 Å². The third-order valence-corrected chi connectivity index (χ3v) is 6.28. The van der Waals surface area contributed by atoms with E-state index in [1.807, 2.05) is 57.6 Å². The van der Waals surface area contributed by atoms with Crippen LogP contribution in [0.15, 0.2) is 29.1 Å². The number of methoxy groups -OCH3 is 1. The minimum Gasteiger partial charge on any atom is -0.480 e. The number of pyridine rings is 2. The predicted molar refractivity (Wildman–Crippen MR) is 148 cm³/mol. The first kappa shape index (κ1) is 33.3. The molecule has 0 unspecified atom stereocenters. The third-order valence-electron chi connectivity index (χ3n) is 6.28. The summed E-state index contributed by atoms with van der Waals surface area (Å²) < 4.78 is 7.04. The summed E-state index contributed by atoms with van der Waals surface area (Å²) in [7, 11) is 7.47. The van der Waals surface area contributed by atoms with Crippen LogP contribution in [0.1, 0.15) is 18.4 Å². The summed E-state index contributed by atoms with van der Waals surface area (Å²) in [6.07, 6.45) is 6.17. The van der Waals surface area contributed by atoms with E-state index in [9.17, 15) is 14.7 Å². The first-order chi connectivity index (χ1) is 16.1. The predicted octanol–water partition coefficient (Wildman–Crippen LogP) is 1.06. The number of anilines is 2. The molecule has 10 heteroatoms. The molecule has 1 aliphatic rings. The number of aliphatic carboxylic acids is 1. The van der Waals surface area contributed by atoms with Gasteiger partial charge in [0.05, 0.1) is 22.7 Å². The van der Waals surface area contributed by atoms with E-state index >= 15 is 0 Å². The van der Waals surface area contributed by atoms with E-state index in [4.69, 9.17) is 9.72 Å². The molecule has 8 nitrogen and oxygen atoms in total. The number of hydrogen-bond donors (Lipinski definition) is 1. The van der Waals surface area contributed by atoms with Crippen LogP contribution in [-0.2, 0) is 16.1 Å². The SMILES string of the molecule is COC1CC(N(C)c2ccc3c(=O)c4ccc(C)c(N(C)C)c4n(CC(=O)O)c3n2)C1.CSC.[CH3-].[Cs+]. The number of benzene rings is 1. The number of thioether (sulfide) groups is 1. The zero-order valence-electron chi connectivity index (χ0n) is 23.0. The van der Waals surface area contributed by atoms with Gasteiger partial charge in [-0.25, -0.2) is 4.98 Å². The van der Waals surface area contributed by atoms with E-state index in [0.717, 1.165) is 24.1 Å². The fourth-order valence-electron chi connectivity index (χ4n) is 4.49. The summed E-state index contributed by atoms with van der Waals surface area (Å²) in [6, 6.07) is 7.57. The van der Waals surface area contributed by atoms with Gasteiger partial charge in [-0.2, -0.15) is 11.8 Å². The van der Waals surface area contributed by atoms with Crippen molar-refractivity contribution in [2.45, 2.75) is 38.5 Å². The molecule has 1 aromatic carbocycles. The van der Waals surface area contributed by atoms with Gasteiger partial charge >= 0.3 is 74.9 Å². The first-order valence-electron chi connectivity index (χ1n) is 11.2. The fourth-order valence-corrected chi connectivity index (χ4v) is 4.49. The van der Waals surface area contributed by atoms with E-state index in [1.165, 1.54) is 0 Å². The molecule has 2 heterocycles. The maximum Gasteiger partial charge on any atom is 1.00 e. The van der Waals surface area contributed by atoms with Crippen molar-refractivity contribution < 1.29 is 83.5 Å². The average Bonchev–Trinajstić information content (AvgIpc) is 2.75. The Labute approximate surface area is 277 Å². The van der Waals surface area contributed by atoms with Gasteiger partial charge in [0, 0.05) is 39.7 Å². The van der Waals surface area contributed by atoms with Gasteiger partial charge in [0.25, 0.3) is 0 Å². The molecule has 192 valence electrons. The number of fused-ring (bicyclic) bond motifs is 2. The van der Waals surface area contributed by atoms with Crippen molar-refractivity contribution in [1.29, 1.82) is 0 Å². The van der Waals surface area contributed by atoms with Crippen molar-refractivity contribution >= 4 is 51.2 Å². The van der Waals surface area contributed by atoms with Crippen LogP contribution in [0.25, 0.3) is 21.9 Å². The number of ether oxygens (including phenoxy) is 1. The van der Waals surface area contributed by atoms with Crippen LogP contribution >= 0.6 is 11.8 Å².